The van der Waals surface area contributed by atoms with Gasteiger partial charge in [0.05, 0.1) is 5.38 Å². The van der Waals surface area contributed by atoms with Gasteiger partial charge in [-0.1, -0.05) is 42.5 Å². The summed E-state index contributed by atoms with van der Waals surface area (Å²) in [6, 6.07) is 16.8. The van der Waals surface area contributed by atoms with Gasteiger partial charge in [-0.25, -0.2) is 4.39 Å². The summed E-state index contributed by atoms with van der Waals surface area (Å²) >= 11 is 6.34. The standard InChI is InChI=1S/C16H16ClF/c17-16(14-6-2-1-3-7-14)8-4-5-13-9-11-15(18)12-10-13/h1-3,6-7,9-12,16H,4-5,8H2. The van der Waals surface area contributed by atoms with Crippen LogP contribution in [0.2, 0.25) is 0 Å². The molecule has 0 nitrogen and oxygen atoms in total. The average molecular weight is 263 g/mol. The lowest BCUT2D eigenvalue weighted by atomic mass is 10.0. The van der Waals surface area contributed by atoms with Crippen molar-refractivity contribution < 1.29 is 4.39 Å². The van der Waals surface area contributed by atoms with Crippen LogP contribution < -0.4 is 0 Å². The summed E-state index contributed by atoms with van der Waals surface area (Å²) in [6.45, 7) is 0. The highest BCUT2D eigenvalue weighted by Crippen LogP contribution is 2.25. The summed E-state index contributed by atoms with van der Waals surface area (Å²) in [5.41, 5.74) is 2.33. The van der Waals surface area contributed by atoms with Crippen molar-refractivity contribution in [2.75, 3.05) is 0 Å². The topological polar surface area (TPSA) is 0 Å². The van der Waals surface area contributed by atoms with Crippen LogP contribution in [0, 0.1) is 5.82 Å². The Morgan fingerprint density at radius 3 is 2.28 bits per heavy atom. The fraction of sp³-hybridized carbons (Fsp3) is 0.250. The van der Waals surface area contributed by atoms with Gasteiger partial charge < -0.3 is 0 Å². The van der Waals surface area contributed by atoms with E-state index >= 15 is 0 Å². The third kappa shape index (κ3) is 3.85. The molecule has 0 fully saturated rings. The molecule has 94 valence electrons. The average Bonchev–Trinajstić information content (AvgIpc) is 2.42. The zero-order valence-corrected chi connectivity index (χ0v) is 10.9. The zero-order valence-electron chi connectivity index (χ0n) is 10.2. The largest absolute Gasteiger partial charge is 0.207 e. The third-order valence-corrected chi connectivity index (χ3v) is 3.47. The van der Waals surface area contributed by atoms with Crippen LogP contribution in [0.1, 0.15) is 29.3 Å². The van der Waals surface area contributed by atoms with Gasteiger partial charge in [-0.05, 0) is 42.5 Å². The summed E-state index contributed by atoms with van der Waals surface area (Å²) in [7, 11) is 0. The molecule has 0 aliphatic heterocycles. The lowest BCUT2D eigenvalue weighted by Crippen LogP contribution is -1.93. The second-order valence-corrected chi connectivity index (χ2v) is 4.92. The summed E-state index contributed by atoms with van der Waals surface area (Å²) in [4.78, 5) is 0. The van der Waals surface area contributed by atoms with Crippen LogP contribution in [-0.4, -0.2) is 0 Å². The Balaban J connectivity index is 1.80. The van der Waals surface area contributed by atoms with E-state index in [2.05, 4.69) is 12.1 Å². The molecule has 0 spiro atoms. The van der Waals surface area contributed by atoms with Gasteiger partial charge in [-0.15, -0.1) is 11.6 Å². The van der Waals surface area contributed by atoms with Crippen molar-refractivity contribution in [1.82, 2.24) is 0 Å². The number of aryl methyl sites for hydroxylation is 1. The van der Waals surface area contributed by atoms with Crippen LogP contribution in [0.25, 0.3) is 0 Å². The summed E-state index contributed by atoms with van der Waals surface area (Å²) in [6.07, 6.45) is 2.88. The van der Waals surface area contributed by atoms with Gasteiger partial charge in [-0.3, -0.25) is 0 Å². The van der Waals surface area contributed by atoms with Crippen molar-refractivity contribution in [3.8, 4) is 0 Å². The Labute approximate surface area is 112 Å². The van der Waals surface area contributed by atoms with Gasteiger partial charge in [0.15, 0.2) is 0 Å². The maximum Gasteiger partial charge on any atom is 0.123 e. The first-order valence-electron chi connectivity index (χ1n) is 6.19. The number of alkyl halides is 1. The van der Waals surface area contributed by atoms with E-state index in [1.807, 2.05) is 30.3 Å². The molecule has 2 aromatic rings. The number of hydrogen-bond donors (Lipinski definition) is 0. The van der Waals surface area contributed by atoms with Gasteiger partial charge in [0.1, 0.15) is 5.82 Å². The van der Waals surface area contributed by atoms with E-state index < -0.39 is 0 Å². The molecule has 0 bridgehead atoms. The van der Waals surface area contributed by atoms with Crippen LogP contribution in [0.15, 0.2) is 54.6 Å². The maximum absolute atomic E-state index is 12.7. The molecule has 2 aromatic carbocycles. The van der Waals surface area contributed by atoms with Crippen molar-refractivity contribution in [2.45, 2.75) is 24.6 Å². The first-order chi connectivity index (χ1) is 8.75. The highest BCUT2D eigenvalue weighted by Gasteiger charge is 2.06. The molecule has 0 N–H and O–H groups in total. The quantitative estimate of drug-likeness (QED) is 0.656. The fourth-order valence-corrected chi connectivity index (χ4v) is 2.26. The van der Waals surface area contributed by atoms with E-state index in [1.54, 1.807) is 0 Å². The normalized spacial score (nSPS) is 12.3. The van der Waals surface area contributed by atoms with Crippen LogP contribution in [-0.2, 0) is 6.42 Å². The minimum atomic E-state index is -0.182. The number of benzene rings is 2. The molecule has 0 aliphatic rings. The highest BCUT2D eigenvalue weighted by atomic mass is 35.5. The Morgan fingerprint density at radius 2 is 1.61 bits per heavy atom. The van der Waals surface area contributed by atoms with Crippen LogP contribution in [0.4, 0.5) is 4.39 Å². The van der Waals surface area contributed by atoms with Crippen molar-refractivity contribution in [1.29, 1.82) is 0 Å². The molecule has 0 amide bonds. The van der Waals surface area contributed by atoms with Gasteiger partial charge >= 0.3 is 0 Å². The molecule has 0 radical (unpaired) electrons. The minimum Gasteiger partial charge on any atom is -0.207 e. The minimum absolute atomic E-state index is 0.0617. The number of hydrogen-bond acceptors (Lipinski definition) is 0. The lowest BCUT2D eigenvalue weighted by molar-refractivity contribution is 0.626. The van der Waals surface area contributed by atoms with E-state index in [1.165, 1.54) is 17.7 Å². The predicted octanol–water partition coefficient (Wildman–Crippen LogP) is 5.13. The smallest absolute Gasteiger partial charge is 0.123 e. The lowest BCUT2D eigenvalue weighted by Gasteiger charge is -2.09. The first kappa shape index (κ1) is 13.1. The Kier molecular flexibility index (Phi) is 4.77. The monoisotopic (exact) mass is 262 g/mol. The van der Waals surface area contributed by atoms with Gasteiger partial charge in [0.25, 0.3) is 0 Å². The van der Waals surface area contributed by atoms with Crippen LogP contribution >= 0.6 is 11.6 Å². The molecule has 0 saturated carbocycles. The predicted molar refractivity (Wildman–Crippen MR) is 74.4 cm³/mol. The molecule has 0 saturated heterocycles. The number of halogens is 2. The summed E-state index contributed by atoms with van der Waals surface area (Å²) in [5.74, 6) is -0.182. The zero-order chi connectivity index (χ0) is 12.8. The Hall–Kier alpha value is -1.34. The summed E-state index contributed by atoms with van der Waals surface area (Å²) in [5, 5.41) is 0.0617. The molecular formula is C16H16ClF. The molecule has 0 aromatic heterocycles. The van der Waals surface area contributed by atoms with Gasteiger partial charge in [-0.2, -0.15) is 0 Å². The molecule has 18 heavy (non-hydrogen) atoms. The van der Waals surface area contributed by atoms with E-state index in [4.69, 9.17) is 11.6 Å². The van der Waals surface area contributed by atoms with Crippen molar-refractivity contribution in [3.05, 3.63) is 71.5 Å². The van der Waals surface area contributed by atoms with E-state index in [0.29, 0.717) is 0 Å². The van der Waals surface area contributed by atoms with Crippen LogP contribution in [0.5, 0.6) is 0 Å². The second kappa shape index (κ2) is 6.55. The molecule has 2 rings (SSSR count). The Bertz CT molecular complexity index is 464. The Morgan fingerprint density at radius 1 is 0.944 bits per heavy atom. The number of rotatable bonds is 5. The SMILES string of the molecule is Fc1ccc(CCCC(Cl)c2ccccc2)cc1. The molecule has 1 unspecified atom stereocenters. The second-order valence-electron chi connectivity index (χ2n) is 4.40. The third-order valence-electron chi connectivity index (χ3n) is 3.00. The molecule has 2 heteroatoms. The van der Waals surface area contributed by atoms with Crippen LogP contribution in [0.3, 0.4) is 0 Å². The highest BCUT2D eigenvalue weighted by molar-refractivity contribution is 6.20. The van der Waals surface area contributed by atoms with Crippen molar-refractivity contribution >= 4 is 11.6 Å². The molecule has 1 atom stereocenters. The van der Waals surface area contributed by atoms with Crippen molar-refractivity contribution in [3.63, 3.8) is 0 Å². The molecule has 0 aliphatic carbocycles. The maximum atomic E-state index is 12.7. The molecular weight excluding hydrogens is 247 g/mol. The van der Waals surface area contributed by atoms with Gasteiger partial charge in [0.2, 0.25) is 0 Å². The van der Waals surface area contributed by atoms with E-state index in [-0.39, 0.29) is 11.2 Å². The van der Waals surface area contributed by atoms with Gasteiger partial charge in [0, 0.05) is 0 Å². The van der Waals surface area contributed by atoms with E-state index in [0.717, 1.165) is 24.8 Å². The first-order valence-corrected chi connectivity index (χ1v) is 6.63. The van der Waals surface area contributed by atoms with E-state index in [9.17, 15) is 4.39 Å². The molecule has 0 heterocycles. The van der Waals surface area contributed by atoms with Crippen molar-refractivity contribution in [2.24, 2.45) is 0 Å². The fourth-order valence-electron chi connectivity index (χ4n) is 1.97. The summed E-state index contributed by atoms with van der Waals surface area (Å²) < 4.78 is 12.7.